The van der Waals surface area contributed by atoms with Gasteiger partial charge >= 0.3 is 0 Å². The smallest absolute Gasteiger partial charge is 0.227 e. The minimum Gasteiger partial charge on any atom is -0.493 e. The Balaban J connectivity index is 1.44. The van der Waals surface area contributed by atoms with Gasteiger partial charge in [0.15, 0.2) is 0 Å². The third-order valence-electron chi connectivity index (χ3n) is 5.83. The summed E-state index contributed by atoms with van der Waals surface area (Å²) >= 11 is 0. The van der Waals surface area contributed by atoms with Crippen LogP contribution >= 0.6 is 0 Å². The van der Waals surface area contributed by atoms with Crippen molar-refractivity contribution in [3.05, 3.63) is 58.1 Å². The maximum Gasteiger partial charge on any atom is 0.227 e. The summed E-state index contributed by atoms with van der Waals surface area (Å²) in [6.45, 7) is 4.17. The quantitative estimate of drug-likeness (QED) is 0.815. The molecule has 0 N–H and O–H groups in total. The van der Waals surface area contributed by atoms with E-state index < -0.39 is 0 Å². The number of hydrogen-bond acceptors (Lipinski definition) is 3. The lowest BCUT2D eigenvalue weighted by Gasteiger charge is -2.25. The molecular formula is C23H25NO3. The van der Waals surface area contributed by atoms with E-state index >= 15 is 0 Å². The summed E-state index contributed by atoms with van der Waals surface area (Å²) < 4.78 is 11.8. The topological polar surface area (TPSA) is 38.8 Å². The van der Waals surface area contributed by atoms with E-state index in [1.807, 2.05) is 12.1 Å². The largest absolute Gasteiger partial charge is 0.493 e. The molecule has 2 aliphatic heterocycles. The second-order valence-electron chi connectivity index (χ2n) is 7.94. The molecule has 0 bridgehead atoms. The highest BCUT2D eigenvalue weighted by Gasteiger charge is 2.35. The third-order valence-corrected chi connectivity index (χ3v) is 5.83. The zero-order valence-corrected chi connectivity index (χ0v) is 15.8. The zero-order valence-electron chi connectivity index (χ0n) is 15.8. The van der Waals surface area contributed by atoms with Crippen LogP contribution in [0.5, 0.6) is 11.5 Å². The number of ether oxygens (including phenoxy) is 2. The van der Waals surface area contributed by atoms with Crippen LogP contribution in [0.1, 0.15) is 40.7 Å². The third kappa shape index (κ3) is 3.18. The molecule has 0 spiro atoms. The van der Waals surface area contributed by atoms with Crippen molar-refractivity contribution < 1.29 is 14.3 Å². The predicted octanol–water partition coefficient (Wildman–Crippen LogP) is 3.60. The second kappa shape index (κ2) is 6.59. The average molecular weight is 363 g/mol. The average Bonchev–Trinajstić information content (AvgIpc) is 3.18. The van der Waals surface area contributed by atoms with E-state index in [9.17, 15) is 4.79 Å². The molecule has 2 aromatic rings. The van der Waals surface area contributed by atoms with E-state index in [2.05, 4.69) is 30.0 Å². The van der Waals surface area contributed by atoms with Gasteiger partial charge in [0, 0.05) is 35.6 Å². The van der Waals surface area contributed by atoms with Gasteiger partial charge in [0.25, 0.3) is 0 Å². The molecule has 1 aliphatic carbocycles. The van der Waals surface area contributed by atoms with Crippen molar-refractivity contribution >= 4 is 5.91 Å². The molecule has 0 atom stereocenters. The van der Waals surface area contributed by atoms with Crippen molar-refractivity contribution in [3.63, 3.8) is 0 Å². The number of hydrogen-bond donors (Lipinski definition) is 0. The Hall–Kier alpha value is -2.49. The Bertz CT molecular complexity index is 868. The lowest BCUT2D eigenvalue weighted by molar-refractivity contribution is -0.131. The van der Waals surface area contributed by atoms with Crippen LogP contribution in [0.4, 0.5) is 0 Å². The summed E-state index contributed by atoms with van der Waals surface area (Å²) in [5.41, 5.74) is 5.94. The van der Waals surface area contributed by atoms with Crippen LogP contribution in [-0.4, -0.2) is 30.1 Å². The molecular weight excluding hydrogens is 338 g/mol. The van der Waals surface area contributed by atoms with Crippen molar-refractivity contribution in [1.29, 1.82) is 0 Å². The van der Waals surface area contributed by atoms with Gasteiger partial charge in [-0.25, -0.2) is 0 Å². The number of carbonyl (C=O) groups excluding carboxylic acids is 1. The van der Waals surface area contributed by atoms with Crippen LogP contribution in [0, 0.1) is 6.92 Å². The fourth-order valence-corrected chi connectivity index (χ4v) is 4.33. The number of nitrogens with zero attached hydrogens (tertiary/aromatic N) is 1. The first kappa shape index (κ1) is 16.7. The molecule has 0 radical (unpaired) electrons. The SMILES string of the molecule is Cc1cccc(CC(=O)N(Cc2c3c(cc4c2OCC4)OCC3)C2CC2)c1. The number of fused-ring (bicyclic) bond motifs is 2. The highest BCUT2D eigenvalue weighted by molar-refractivity contribution is 5.79. The van der Waals surface area contributed by atoms with Crippen molar-refractivity contribution in [2.24, 2.45) is 0 Å². The van der Waals surface area contributed by atoms with E-state index in [1.54, 1.807) is 0 Å². The molecule has 1 saturated carbocycles. The van der Waals surface area contributed by atoms with E-state index in [0.29, 0.717) is 19.0 Å². The maximum absolute atomic E-state index is 13.2. The van der Waals surface area contributed by atoms with Crippen LogP contribution in [0.3, 0.4) is 0 Å². The molecule has 2 heterocycles. The molecule has 140 valence electrons. The Morgan fingerprint density at radius 1 is 1.15 bits per heavy atom. The number of amides is 1. The highest BCUT2D eigenvalue weighted by atomic mass is 16.5. The fraction of sp³-hybridized carbons (Fsp3) is 0.435. The predicted molar refractivity (Wildman–Crippen MR) is 103 cm³/mol. The summed E-state index contributed by atoms with van der Waals surface area (Å²) in [6, 6.07) is 10.8. The Kier molecular flexibility index (Phi) is 4.07. The van der Waals surface area contributed by atoms with Crippen molar-refractivity contribution in [1.82, 2.24) is 4.90 Å². The Morgan fingerprint density at radius 2 is 2.00 bits per heavy atom. The molecule has 1 fully saturated rings. The van der Waals surface area contributed by atoms with Crippen LogP contribution in [-0.2, 0) is 30.6 Å². The molecule has 5 rings (SSSR count). The first-order valence-corrected chi connectivity index (χ1v) is 9.97. The van der Waals surface area contributed by atoms with Gasteiger partial charge in [-0.1, -0.05) is 29.8 Å². The first-order chi connectivity index (χ1) is 13.2. The molecule has 2 aromatic carbocycles. The van der Waals surface area contributed by atoms with Crippen LogP contribution in [0.15, 0.2) is 30.3 Å². The summed E-state index contributed by atoms with van der Waals surface area (Å²) in [6.07, 6.45) is 4.51. The van der Waals surface area contributed by atoms with Crippen LogP contribution in [0.2, 0.25) is 0 Å². The summed E-state index contributed by atoms with van der Waals surface area (Å²) in [7, 11) is 0. The molecule has 1 amide bonds. The van der Waals surface area contributed by atoms with Gasteiger partial charge in [-0.05, 0) is 31.4 Å². The molecule has 0 unspecified atom stereocenters. The lowest BCUT2D eigenvalue weighted by atomic mass is 9.98. The van der Waals surface area contributed by atoms with E-state index in [4.69, 9.17) is 9.47 Å². The first-order valence-electron chi connectivity index (χ1n) is 9.97. The standard InChI is InChI=1S/C23H25NO3/c1-15-3-2-4-16(11-15)12-22(25)24(18-5-6-18)14-20-19-8-10-26-21(19)13-17-7-9-27-23(17)20/h2-4,11,13,18H,5-10,12,14H2,1H3. The molecule has 0 saturated heterocycles. The summed E-state index contributed by atoms with van der Waals surface area (Å²) in [5, 5.41) is 0. The van der Waals surface area contributed by atoms with Gasteiger partial charge in [0.05, 0.1) is 26.2 Å². The Labute approximate surface area is 160 Å². The van der Waals surface area contributed by atoms with Gasteiger partial charge in [0.2, 0.25) is 5.91 Å². The van der Waals surface area contributed by atoms with E-state index in [1.165, 1.54) is 22.3 Å². The number of aryl methyl sites for hydroxylation is 1. The molecule has 3 aliphatic rings. The molecule has 4 heteroatoms. The van der Waals surface area contributed by atoms with Gasteiger partial charge < -0.3 is 14.4 Å². The number of carbonyl (C=O) groups is 1. The molecule has 0 aromatic heterocycles. The maximum atomic E-state index is 13.2. The van der Waals surface area contributed by atoms with E-state index in [0.717, 1.165) is 56.0 Å². The van der Waals surface area contributed by atoms with Gasteiger partial charge in [-0.3, -0.25) is 4.79 Å². The Morgan fingerprint density at radius 3 is 2.81 bits per heavy atom. The fourth-order valence-electron chi connectivity index (χ4n) is 4.33. The van der Waals surface area contributed by atoms with Crippen molar-refractivity contribution in [2.75, 3.05) is 13.2 Å². The second-order valence-corrected chi connectivity index (χ2v) is 7.94. The van der Waals surface area contributed by atoms with Crippen LogP contribution in [0.25, 0.3) is 0 Å². The van der Waals surface area contributed by atoms with Gasteiger partial charge in [0.1, 0.15) is 11.5 Å². The summed E-state index contributed by atoms with van der Waals surface area (Å²) in [5.74, 6) is 2.22. The molecule has 27 heavy (non-hydrogen) atoms. The normalized spacial score (nSPS) is 17.1. The van der Waals surface area contributed by atoms with Crippen molar-refractivity contribution in [3.8, 4) is 11.5 Å². The zero-order chi connectivity index (χ0) is 18.4. The minimum atomic E-state index is 0.214. The summed E-state index contributed by atoms with van der Waals surface area (Å²) in [4.78, 5) is 15.2. The van der Waals surface area contributed by atoms with Crippen LogP contribution < -0.4 is 9.47 Å². The lowest BCUT2D eigenvalue weighted by Crippen LogP contribution is -2.34. The number of benzene rings is 2. The number of rotatable bonds is 5. The highest BCUT2D eigenvalue weighted by Crippen LogP contribution is 2.42. The molecule has 4 nitrogen and oxygen atoms in total. The minimum absolute atomic E-state index is 0.214. The van der Waals surface area contributed by atoms with Gasteiger partial charge in [-0.15, -0.1) is 0 Å². The van der Waals surface area contributed by atoms with Crippen molar-refractivity contribution in [2.45, 2.75) is 51.6 Å². The van der Waals surface area contributed by atoms with E-state index in [-0.39, 0.29) is 5.91 Å². The monoisotopic (exact) mass is 363 g/mol. The van der Waals surface area contributed by atoms with Gasteiger partial charge in [-0.2, -0.15) is 0 Å².